The maximum Gasteiger partial charge on any atom is 0.410 e. The number of oxime groups is 1. The van der Waals surface area contributed by atoms with E-state index in [0.29, 0.717) is 0 Å². The molecular weight excluding hydrogens is 258 g/mol. The van der Waals surface area contributed by atoms with E-state index < -0.39 is 17.7 Å². The highest BCUT2D eigenvalue weighted by molar-refractivity contribution is 5.89. The van der Waals surface area contributed by atoms with Crippen molar-refractivity contribution in [3.63, 3.8) is 0 Å². The van der Waals surface area contributed by atoms with Gasteiger partial charge >= 0.3 is 6.09 Å². The quantitative estimate of drug-likeness (QED) is 0.385. The molecule has 0 unspecified atom stereocenters. The van der Waals surface area contributed by atoms with Crippen LogP contribution in [0.2, 0.25) is 0 Å². The average molecular weight is 279 g/mol. The van der Waals surface area contributed by atoms with Gasteiger partial charge in [-0.3, -0.25) is 4.90 Å². The number of benzene rings is 1. The summed E-state index contributed by atoms with van der Waals surface area (Å²) in [5.41, 5.74) is 5.82. The van der Waals surface area contributed by atoms with Crippen LogP contribution in [0.3, 0.4) is 0 Å². The van der Waals surface area contributed by atoms with Crippen LogP contribution in [0.25, 0.3) is 0 Å². The Kier molecular flexibility index (Phi) is 4.96. The smallest absolute Gasteiger partial charge is 0.410 e. The summed E-state index contributed by atoms with van der Waals surface area (Å²) >= 11 is 0. The highest BCUT2D eigenvalue weighted by Crippen LogP contribution is 2.22. The van der Waals surface area contributed by atoms with Gasteiger partial charge in [0.25, 0.3) is 0 Å². The number of carbonyl (C=O) groups excluding carboxylic acids is 1. The summed E-state index contributed by atoms with van der Waals surface area (Å²) in [6.45, 7) is 5.33. The molecule has 0 heterocycles. The van der Waals surface area contributed by atoms with Crippen LogP contribution in [0.15, 0.2) is 35.5 Å². The molecule has 1 amide bonds. The number of rotatable bonds is 3. The van der Waals surface area contributed by atoms with Crippen LogP contribution in [0.5, 0.6) is 0 Å². The molecule has 1 rings (SSSR count). The Labute approximate surface area is 118 Å². The van der Waals surface area contributed by atoms with Crippen LogP contribution in [0, 0.1) is 0 Å². The summed E-state index contributed by atoms with van der Waals surface area (Å²) in [7, 11) is 1.55. The molecule has 0 aromatic heterocycles. The monoisotopic (exact) mass is 279 g/mol. The highest BCUT2D eigenvalue weighted by Gasteiger charge is 2.29. The number of hydrogen-bond donors (Lipinski definition) is 2. The van der Waals surface area contributed by atoms with Crippen molar-refractivity contribution in [3.05, 3.63) is 35.9 Å². The Morgan fingerprint density at radius 1 is 1.35 bits per heavy atom. The first-order valence-electron chi connectivity index (χ1n) is 6.24. The van der Waals surface area contributed by atoms with Gasteiger partial charge in [0.2, 0.25) is 0 Å². The van der Waals surface area contributed by atoms with Crippen LogP contribution in [0.1, 0.15) is 32.4 Å². The fourth-order valence-electron chi connectivity index (χ4n) is 1.72. The zero-order valence-electron chi connectivity index (χ0n) is 12.2. The number of likely N-dealkylation sites (N-methyl/N-ethyl adjacent to an activating group) is 1. The fraction of sp³-hybridized carbons (Fsp3) is 0.429. The summed E-state index contributed by atoms with van der Waals surface area (Å²) in [6, 6.07) is 8.38. The van der Waals surface area contributed by atoms with Gasteiger partial charge in [-0.25, -0.2) is 4.79 Å². The third-order valence-electron chi connectivity index (χ3n) is 2.58. The van der Waals surface area contributed by atoms with Gasteiger partial charge in [0.1, 0.15) is 11.6 Å². The van der Waals surface area contributed by atoms with Gasteiger partial charge in [0.15, 0.2) is 5.84 Å². The molecule has 0 fully saturated rings. The van der Waals surface area contributed by atoms with Gasteiger partial charge in [0, 0.05) is 7.05 Å². The lowest BCUT2D eigenvalue weighted by atomic mass is 10.1. The third-order valence-corrected chi connectivity index (χ3v) is 2.58. The number of amidine groups is 1. The lowest BCUT2D eigenvalue weighted by molar-refractivity contribution is 0.0263. The van der Waals surface area contributed by atoms with Crippen molar-refractivity contribution in [1.82, 2.24) is 4.90 Å². The molecule has 0 aliphatic rings. The molecule has 6 heteroatoms. The Hall–Kier alpha value is -2.24. The summed E-state index contributed by atoms with van der Waals surface area (Å²) in [4.78, 5) is 13.4. The maximum absolute atomic E-state index is 12.1. The first-order valence-corrected chi connectivity index (χ1v) is 6.24. The minimum absolute atomic E-state index is 0.0791. The predicted octanol–water partition coefficient (Wildman–Crippen LogP) is 2.34. The Bertz CT molecular complexity index is 480. The molecule has 0 saturated carbocycles. The third kappa shape index (κ3) is 4.15. The SMILES string of the molecule is CN(C(=O)OC(C)(C)C)[C@@H](C(N)=NO)c1ccccc1. The van der Waals surface area contributed by atoms with Gasteiger partial charge in [-0.1, -0.05) is 35.5 Å². The van der Waals surface area contributed by atoms with Crippen molar-refractivity contribution in [1.29, 1.82) is 0 Å². The molecule has 1 aromatic rings. The van der Waals surface area contributed by atoms with Gasteiger partial charge < -0.3 is 15.7 Å². The van der Waals surface area contributed by atoms with E-state index in [1.807, 2.05) is 18.2 Å². The van der Waals surface area contributed by atoms with E-state index in [2.05, 4.69) is 5.16 Å². The van der Waals surface area contributed by atoms with Crippen LogP contribution in [0.4, 0.5) is 4.79 Å². The molecule has 6 nitrogen and oxygen atoms in total. The van der Waals surface area contributed by atoms with Crippen molar-refractivity contribution in [2.75, 3.05) is 7.05 Å². The van der Waals surface area contributed by atoms with Gasteiger partial charge in [-0.2, -0.15) is 0 Å². The zero-order chi connectivity index (χ0) is 15.3. The zero-order valence-corrected chi connectivity index (χ0v) is 12.2. The number of ether oxygens (including phenoxy) is 1. The van der Waals surface area contributed by atoms with Crippen molar-refractivity contribution in [3.8, 4) is 0 Å². The molecule has 1 atom stereocenters. The molecule has 1 aromatic carbocycles. The van der Waals surface area contributed by atoms with Gasteiger partial charge in [-0.15, -0.1) is 0 Å². The maximum atomic E-state index is 12.1. The Morgan fingerprint density at radius 3 is 2.35 bits per heavy atom. The topological polar surface area (TPSA) is 88.2 Å². The second kappa shape index (κ2) is 6.27. The molecule has 20 heavy (non-hydrogen) atoms. The normalized spacial score (nSPS) is 13.7. The number of amides is 1. The van der Waals surface area contributed by atoms with Crippen LogP contribution >= 0.6 is 0 Å². The Balaban J connectivity index is 3.04. The fourth-order valence-corrected chi connectivity index (χ4v) is 1.72. The minimum atomic E-state index is -0.684. The molecule has 0 spiro atoms. The van der Waals surface area contributed by atoms with E-state index in [-0.39, 0.29) is 5.84 Å². The molecule has 3 N–H and O–H groups in total. The predicted molar refractivity (Wildman–Crippen MR) is 76.6 cm³/mol. The van der Waals surface area contributed by atoms with E-state index in [1.54, 1.807) is 40.0 Å². The number of nitrogens with two attached hydrogens (primary N) is 1. The van der Waals surface area contributed by atoms with Crippen molar-refractivity contribution < 1.29 is 14.7 Å². The molecular formula is C14H21N3O3. The second-order valence-corrected chi connectivity index (χ2v) is 5.43. The molecule has 0 radical (unpaired) electrons. The van der Waals surface area contributed by atoms with Crippen LogP contribution in [-0.2, 0) is 4.74 Å². The lowest BCUT2D eigenvalue weighted by Crippen LogP contribution is -2.42. The van der Waals surface area contributed by atoms with E-state index in [0.717, 1.165) is 5.56 Å². The summed E-state index contributed by atoms with van der Waals surface area (Å²) in [5.74, 6) is -0.0791. The van der Waals surface area contributed by atoms with E-state index in [9.17, 15) is 4.79 Å². The summed E-state index contributed by atoms with van der Waals surface area (Å²) in [6.07, 6.45) is -0.544. The Morgan fingerprint density at radius 2 is 1.90 bits per heavy atom. The molecule has 0 aliphatic heterocycles. The number of hydrogen-bond acceptors (Lipinski definition) is 4. The molecule has 110 valence electrons. The van der Waals surface area contributed by atoms with Gasteiger partial charge in [-0.05, 0) is 26.3 Å². The summed E-state index contributed by atoms with van der Waals surface area (Å²) < 4.78 is 5.29. The first-order chi connectivity index (χ1) is 9.26. The lowest BCUT2D eigenvalue weighted by Gasteiger charge is -2.30. The van der Waals surface area contributed by atoms with E-state index in [4.69, 9.17) is 15.7 Å². The van der Waals surface area contributed by atoms with Crippen LogP contribution < -0.4 is 5.73 Å². The number of nitrogens with zero attached hydrogens (tertiary/aromatic N) is 2. The van der Waals surface area contributed by atoms with Gasteiger partial charge in [0.05, 0.1) is 0 Å². The minimum Gasteiger partial charge on any atom is -0.444 e. The van der Waals surface area contributed by atoms with E-state index in [1.165, 1.54) is 4.90 Å². The first kappa shape index (κ1) is 15.8. The highest BCUT2D eigenvalue weighted by atomic mass is 16.6. The standard InChI is InChI=1S/C14H21N3O3/c1-14(2,3)20-13(18)17(4)11(12(15)16-19)10-8-6-5-7-9-10/h5-9,11,19H,1-4H3,(H2,15,16)/t11-/m1/s1. The largest absolute Gasteiger partial charge is 0.444 e. The van der Waals surface area contributed by atoms with Crippen molar-refractivity contribution in [2.24, 2.45) is 10.9 Å². The molecule has 0 bridgehead atoms. The summed E-state index contributed by atoms with van der Waals surface area (Å²) in [5, 5.41) is 11.9. The molecule has 0 aliphatic carbocycles. The average Bonchev–Trinajstić information content (AvgIpc) is 2.37. The van der Waals surface area contributed by atoms with Crippen molar-refractivity contribution >= 4 is 11.9 Å². The van der Waals surface area contributed by atoms with Crippen molar-refractivity contribution in [2.45, 2.75) is 32.4 Å². The second-order valence-electron chi connectivity index (χ2n) is 5.43. The molecule has 0 saturated heterocycles. The van der Waals surface area contributed by atoms with E-state index >= 15 is 0 Å². The van der Waals surface area contributed by atoms with Crippen LogP contribution in [-0.4, -0.2) is 34.7 Å². The number of carbonyl (C=O) groups is 1.